The minimum absolute atomic E-state index is 0.0680. The van der Waals surface area contributed by atoms with Crippen LogP contribution < -0.4 is 15.6 Å². The summed E-state index contributed by atoms with van der Waals surface area (Å²) in [4.78, 5) is 25.1. The minimum Gasteiger partial charge on any atom is -0.496 e. The smallest absolute Gasteiger partial charge is 0.420 e. The highest BCUT2D eigenvalue weighted by Crippen LogP contribution is 2.38. The summed E-state index contributed by atoms with van der Waals surface area (Å²) in [7, 11) is 2.67. The molecule has 0 fully saturated rings. The van der Waals surface area contributed by atoms with Crippen LogP contribution in [-0.2, 0) is 37.0 Å². The number of nitrogens with zero attached hydrogens (tertiary/aromatic N) is 2. The average molecular weight is 541 g/mol. The van der Waals surface area contributed by atoms with Crippen LogP contribution in [0.4, 0.5) is 13.2 Å². The molecule has 0 aliphatic carbocycles. The van der Waals surface area contributed by atoms with Gasteiger partial charge in [0.25, 0.3) is 11.5 Å². The topological polar surface area (TPSA) is 98.2 Å². The summed E-state index contributed by atoms with van der Waals surface area (Å²) in [6, 6.07) is 16.5. The molecule has 0 saturated heterocycles. The van der Waals surface area contributed by atoms with Crippen LogP contribution in [0.3, 0.4) is 0 Å². The van der Waals surface area contributed by atoms with Gasteiger partial charge in [0.1, 0.15) is 11.3 Å². The number of H-pyrrole nitrogens is 1. The molecule has 2 aromatic carbocycles. The normalized spacial score (nSPS) is 11.4. The lowest BCUT2D eigenvalue weighted by atomic mass is 10.0. The minimum atomic E-state index is -4.66. The van der Waals surface area contributed by atoms with Gasteiger partial charge in [0.15, 0.2) is 5.69 Å². The number of benzene rings is 2. The third-order valence-corrected chi connectivity index (χ3v) is 6.17. The molecule has 0 unspecified atom stereocenters. The van der Waals surface area contributed by atoms with Crippen LogP contribution in [0.1, 0.15) is 44.0 Å². The fourth-order valence-electron chi connectivity index (χ4n) is 4.27. The van der Waals surface area contributed by atoms with E-state index >= 15 is 0 Å². The van der Waals surface area contributed by atoms with Crippen molar-refractivity contribution in [2.45, 2.75) is 32.3 Å². The highest BCUT2D eigenvalue weighted by Gasteiger charge is 2.37. The zero-order chi connectivity index (χ0) is 28.0. The Balaban J connectivity index is 1.53. The van der Waals surface area contributed by atoms with Gasteiger partial charge in [-0.3, -0.25) is 14.7 Å². The number of nitrogens with one attached hydrogen (secondary N) is 2. The predicted octanol–water partition coefficient (Wildman–Crippen LogP) is 4.31. The number of alkyl halides is 3. The van der Waals surface area contributed by atoms with Gasteiger partial charge < -0.3 is 19.4 Å². The van der Waals surface area contributed by atoms with E-state index in [1.165, 1.54) is 31.4 Å². The van der Waals surface area contributed by atoms with Gasteiger partial charge in [0, 0.05) is 37.9 Å². The number of aromatic nitrogens is 3. The van der Waals surface area contributed by atoms with E-state index in [-0.39, 0.29) is 35.7 Å². The maximum Gasteiger partial charge on any atom is 0.420 e. The molecule has 0 spiro atoms. The number of carbonyl (C=O) groups excluding carboxylic acids is 1. The summed E-state index contributed by atoms with van der Waals surface area (Å²) in [5.41, 5.74) is 1.86. The van der Waals surface area contributed by atoms with Crippen molar-refractivity contribution in [1.29, 1.82) is 0 Å². The molecule has 4 rings (SSSR count). The Morgan fingerprint density at radius 2 is 1.77 bits per heavy atom. The van der Waals surface area contributed by atoms with Gasteiger partial charge in [0.2, 0.25) is 0 Å². The Morgan fingerprint density at radius 3 is 2.44 bits per heavy atom. The summed E-state index contributed by atoms with van der Waals surface area (Å²) in [6.07, 6.45) is -2.61. The summed E-state index contributed by atoms with van der Waals surface area (Å²) in [6.45, 7) is 0.210. The van der Waals surface area contributed by atoms with Gasteiger partial charge in [-0.25, -0.2) is 0 Å². The number of hydrogen-bond donors (Lipinski definition) is 2. The first-order valence-electron chi connectivity index (χ1n) is 12.0. The number of aromatic amines is 1. The molecule has 0 aliphatic heterocycles. The van der Waals surface area contributed by atoms with Crippen LogP contribution in [0.25, 0.3) is 0 Å². The molecule has 0 saturated carbocycles. The molecule has 0 radical (unpaired) electrons. The monoisotopic (exact) mass is 540 g/mol. The molecule has 2 N–H and O–H groups in total. The SMILES string of the molecule is COCc1[nH]nc(C(=O)NCc2cccc(OC)c2C(F)(F)F)c1Cc1ccc(Cn2ccccc2=O)cc1. The van der Waals surface area contributed by atoms with Crippen LogP contribution in [0.5, 0.6) is 5.75 Å². The maximum atomic E-state index is 13.7. The Hall–Kier alpha value is -4.38. The quantitative estimate of drug-likeness (QED) is 0.312. The molecule has 0 aliphatic rings. The number of halogens is 3. The Bertz CT molecular complexity index is 1490. The maximum absolute atomic E-state index is 13.7. The fourth-order valence-corrected chi connectivity index (χ4v) is 4.27. The fraction of sp³-hybridized carbons (Fsp3) is 0.250. The second-order valence-electron chi connectivity index (χ2n) is 8.80. The van der Waals surface area contributed by atoms with Crippen LogP contribution in [0.15, 0.2) is 71.7 Å². The third kappa shape index (κ3) is 6.55. The first-order chi connectivity index (χ1) is 18.7. The highest BCUT2D eigenvalue weighted by atomic mass is 19.4. The number of pyridine rings is 1. The molecular weight excluding hydrogens is 513 g/mol. The van der Waals surface area contributed by atoms with Crippen LogP contribution in [0.2, 0.25) is 0 Å². The lowest BCUT2D eigenvalue weighted by Crippen LogP contribution is -2.26. The van der Waals surface area contributed by atoms with Crippen molar-refractivity contribution < 1.29 is 27.4 Å². The lowest BCUT2D eigenvalue weighted by molar-refractivity contribution is -0.139. The molecule has 2 aromatic heterocycles. The number of ether oxygens (including phenoxy) is 2. The molecular formula is C28H27F3N4O4. The first kappa shape index (κ1) is 27.6. The number of amides is 1. The molecule has 39 heavy (non-hydrogen) atoms. The van der Waals surface area contributed by atoms with Crippen molar-refractivity contribution in [3.63, 3.8) is 0 Å². The van der Waals surface area contributed by atoms with Crippen molar-refractivity contribution >= 4 is 5.91 Å². The van der Waals surface area contributed by atoms with Gasteiger partial charge in [-0.05, 0) is 28.8 Å². The Morgan fingerprint density at radius 1 is 1.03 bits per heavy atom. The number of hydrogen-bond acceptors (Lipinski definition) is 5. The van der Waals surface area contributed by atoms with Crippen LogP contribution in [0, 0.1) is 0 Å². The summed E-state index contributed by atoms with van der Waals surface area (Å²) >= 11 is 0. The van der Waals surface area contributed by atoms with E-state index in [0.29, 0.717) is 24.2 Å². The molecule has 1 amide bonds. The Kier molecular flexibility index (Phi) is 8.50. The molecule has 4 aromatic rings. The van der Waals surface area contributed by atoms with E-state index in [9.17, 15) is 22.8 Å². The second kappa shape index (κ2) is 12.0. The van der Waals surface area contributed by atoms with Crippen molar-refractivity contribution in [3.8, 4) is 5.75 Å². The molecule has 2 heterocycles. The van der Waals surface area contributed by atoms with Crippen molar-refractivity contribution in [3.05, 3.63) is 116 Å². The molecule has 0 atom stereocenters. The average Bonchev–Trinajstić information content (AvgIpc) is 3.31. The van der Waals surface area contributed by atoms with E-state index in [4.69, 9.17) is 9.47 Å². The summed E-state index contributed by atoms with van der Waals surface area (Å²) < 4.78 is 52.7. The van der Waals surface area contributed by atoms with E-state index in [0.717, 1.165) is 18.2 Å². The van der Waals surface area contributed by atoms with Crippen molar-refractivity contribution in [2.24, 2.45) is 0 Å². The van der Waals surface area contributed by atoms with E-state index in [1.54, 1.807) is 22.9 Å². The van der Waals surface area contributed by atoms with Gasteiger partial charge in [-0.2, -0.15) is 18.3 Å². The number of methoxy groups -OCH3 is 2. The second-order valence-corrected chi connectivity index (χ2v) is 8.80. The largest absolute Gasteiger partial charge is 0.496 e. The molecule has 204 valence electrons. The Labute approximate surface area is 222 Å². The highest BCUT2D eigenvalue weighted by molar-refractivity contribution is 5.94. The number of rotatable bonds is 10. The molecule has 11 heteroatoms. The third-order valence-electron chi connectivity index (χ3n) is 6.17. The zero-order valence-corrected chi connectivity index (χ0v) is 21.3. The number of carbonyl (C=O) groups is 1. The van der Waals surface area contributed by atoms with Crippen LogP contribution >= 0.6 is 0 Å². The summed E-state index contributed by atoms with van der Waals surface area (Å²) in [5, 5.41) is 9.49. The molecule has 0 bridgehead atoms. The van der Waals surface area contributed by atoms with E-state index in [2.05, 4.69) is 15.5 Å². The lowest BCUT2D eigenvalue weighted by Gasteiger charge is -2.16. The molecule has 8 nitrogen and oxygen atoms in total. The standard InChI is InChI=1S/C28H27F3N4O4/c1-38-17-22-21(14-18-9-11-19(12-10-18)16-35-13-4-3-8-24(35)36)26(34-33-22)27(37)32-15-20-6-5-7-23(39-2)25(20)28(29,30)31/h3-13H,14-17H2,1-2H3,(H,32,37)(H,33,34). The van der Waals surface area contributed by atoms with Crippen molar-refractivity contribution in [2.75, 3.05) is 14.2 Å². The van der Waals surface area contributed by atoms with Gasteiger partial charge in [0.05, 0.1) is 26.0 Å². The van der Waals surface area contributed by atoms with E-state index < -0.39 is 17.6 Å². The van der Waals surface area contributed by atoms with Crippen LogP contribution in [-0.4, -0.2) is 34.9 Å². The first-order valence-corrected chi connectivity index (χ1v) is 12.0. The zero-order valence-electron chi connectivity index (χ0n) is 21.3. The van der Waals surface area contributed by atoms with E-state index in [1.807, 2.05) is 24.3 Å². The van der Waals surface area contributed by atoms with Gasteiger partial charge >= 0.3 is 6.18 Å². The van der Waals surface area contributed by atoms with Gasteiger partial charge in [-0.1, -0.05) is 42.5 Å². The van der Waals surface area contributed by atoms with Gasteiger partial charge in [-0.15, -0.1) is 0 Å². The van der Waals surface area contributed by atoms with Crippen molar-refractivity contribution in [1.82, 2.24) is 20.1 Å². The predicted molar refractivity (Wildman–Crippen MR) is 138 cm³/mol. The summed E-state index contributed by atoms with van der Waals surface area (Å²) in [5.74, 6) is -0.947.